The molecule has 0 unspecified atom stereocenters. The summed E-state index contributed by atoms with van der Waals surface area (Å²) in [4.78, 5) is 0. The Hall–Kier alpha value is -5.72. The lowest BCUT2D eigenvalue weighted by molar-refractivity contribution is 0.496. The van der Waals surface area contributed by atoms with Gasteiger partial charge in [0.2, 0.25) is 0 Å². The molecule has 0 saturated heterocycles. The van der Waals surface area contributed by atoms with E-state index < -0.39 is 0 Å². The highest BCUT2D eigenvalue weighted by molar-refractivity contribution is 6.21. The molecule has 0 atom stereocenters. The van der Waals surface area contributed by atoms with Crippen LogP contribution >= 0.6 is 0 Å². The Kier molecular flexibility index (Phi) is 21.9. The number of hydrogen-bond donors (Lipinski definition) is 0. The van der Waals surface area contributed by atoms with Crippen LogP contribution in [0, 0.1) is 32.6 Å². The molecule has 1 saturated carbocycles. The van der Waals surface area contributed by atoms with Crippen molar-refractivity contribution in [1.29, 1.82) is 0 Å². The van der Waals surface area contributed by atoms with E-state index in [1.165, 1.54) is 127 Å². The van der Waals surface area contributed by atoms with E-state index in [2.05, 4.69) is 224 Å². The first kappa shape index (κ1) is 50.9. The zero-order chi connectivity index (χ0) is 46.3. The molecule has 8 aromatic carbocycles. The molecule has 0 bridgehead atoms. The SMILES string of the molecule is CC.CC.CC1C=C1.CCC.CCCC1CCCC1.Cc1ccc(-c2c3ccccc3c(-c3ccc4ccccc4c3)c3ccccc23)cc1.Cc1ccccc1-c1ccccc1C. The van der Waals surface area contributed by atoms with Crippen LogP contribution in [0.3, 0.4) is 0 Å². The van der Waals surface area contributed by atoms with E-state index in [1.807, 2.05) is 27.7 Å². The lowest BCUT2D eigenvalue weighted by Crippen LogP contribution is -1.91. The molecule has 0 nitrogen and oxygen atoms in total. The minimum atomic E-state index is 0.833. The van der Waals surface area contributed by atoms with Gasteiger partial charge in [-0.25, -0.2) is 0 Å². The van der Waals surface area contributed by atoms with Gasteiger partial charge in [-0.2, -0.15) is 0 Å². The minimum Gasteiger partial charge on any atom is -0.0813 e. The maximum absolute atomic E-state index is 2.33. The van der Waals surface area contributed by atoms with Crippen LogP contribution in [0.5, 0.6) is 0 Å². The van der Waals surface area contributed by atoms with E-state index in [9.17, 15) is 0 Å². The van der Waals surface area contributed by atoms with Crippen LogP contribution in [-0.2, 0) is 0 Å². The van der Waals surface area contributed by atoms with Crippen molar-refractivity contribution in [2.45, 2.75) is 121 Å². The van der Waals surface area contributed by atoms with Crippen LogP contribution in [0.1, 0.15) is 117 Å². The predicted octanol–water partition coefficient (Wildman–Crippen LogP) is 20.4. The fraction of sp³-hybridized carbons (Fsp3) is 0.312. The van der Waals surface area contributed by atoms with Gasteiger partial charge < -0.3 is 0 Å². The predicted molar refractivity (Wildman–Crippen MR) is 290 cm³/mol. The van der Waals surface area contributed by atoms with Crippen molar-refractivity contribution in [3.63, 3.8) is 0 Å². The Balaban J connectivity index is 0.000000223. The molecule has 0 spiro atoms. The summed E-state index contributed by atoms with van der Waals surface area (Å²) < 4.78 is 0. The third kappa shape index (κ3) is 14.4. The summed E-state index contributed by atoms with van der Waals surface area (Å²) >= 11 is 0. The van der Waals surface area contributed by atoms with Gasteiger partial charge in [0.15, 0.2) is 0 Å². The maximum atomic E-state index is 2.33. The van der Waals surface area contributed by atoms with E-state index in [-0.39, 0.29) is 0 Å². The molecule has 1 fully saturated rings. The standard InChI is InChI=1S/C31H22.C14H14.C8H16.C4H6.C3H8.2C2H6/c1-21-14-16-23(17-15-21)30-26-10-4-6-12-28(26)31(29-13-7-5-11-27(29)30)25-19-18-22-8-2-3-9-24(22)20-25;1-11-7-3-5-9-13(11)14-10-6-4-8-12(14)2;1-2-5-8-6-3-4-7-8;1-4-2-3-4;1-3-2;2*1-2/h2-20H,1H3;3-10H,1-2H3;8H,2-7H2,1H3;2-4H,1H3;3H2,1-2H3;2*1-2H3. The molecule has 2 aliphatic carbocycles. The molecule has 334 valence electrons. The fourth-order valence-electron chi connectivity index (χ4n) is 8.38. The molecule has 0 aliphatic heterocycles. The van der Waals surface area contributed by atoms with E-state index >= 15 is 0 Å². The smallest absolute Gasteiger partial charge is 0.00262 e. The van der Waals surface area contributed by atoms with Crippen molar-refractivity contribution in [2.24, 2.45) is 11.8 Å². The van der Waals surface area contributed by atoms with Crippen LogP contribution in [-0.4, -0.2) is 0 Å². The number of hydrogen-bond acceptors (Lipinski definition) is 0. The molecule has 8 aromatic rings. The highest BCUT2D eigenvalue weighted by Gasteiger charge is 2.17. The van der Waals surface area contributed by atoms with Gasteiger partial charge in [-0.1, -0.05) is 276 Å². The zero-order valence-electron chi connectivity index (χ0n) is 41.3. The number of aryl methyl sites for hydroxylation is 3. The van der Waals surface area contributed by atoms with Crippen LogP contribution in [0.4, 0.5) is 0 Å². The fourth-order valence-corrected chi connectivity index (χ4v) is 8.38. The highest BCUT2D eigenvalue weighted by atomic mass is 14.2. The third-order valence-electron chi connectivity index (χ3n) is 11.6. The first-order chi connectivity index (χ1) is 31.3. The van der Waals surface area contributed by atoms with Crippen molar-refractivity contribution in [3.8, 4) is 33.4 Å². The number of rotatable bonds is 5. The zero-order valence-corrected chi connectivity index (χ0v) is 41.3. The minimum absolute atomic E-state index is 0.833. The Morgan fingerprint density at radius 1 is 0.438 bits per heavy atom. The van der Waals surface area contributed by atoms with Crippen molar-refractivity contribution in [2.75, 3.05) is 0 Å². The lowest BCUT2D eigenvalue weighted by atomic mass is 9.85. The second-order valence-corrected chi connectivity index (χ2v) is 16.8. The van der Waals surface area contributed by atoms with Gasteiger partial charge in [0.05, 0.1) is 0 Å². The van der Waals surface area contributed by atoms with Gasteiger partial charge in [0.25, 0.3) is 0 Å². The van der Waals surface area contributed by atoms with Crippen LogP contribution < -0.4 is 0 Å². The molecule has 0 radical (unpaired) electrons. The number of allylic oxidation sites excluding steroid dienone is 2. The van der Waals surface area contributed by atoms with Crippen molar-refractivity contribution < 1.29 is 0 Å². The summed E-state index contributed by atoms with van der Waals surface area (Å²) in [6.07, 6.45) is 14.5. The van der Waals surface area contributed by atoms with Crippen LogP contribution in [0.2, 0.25) is 0 Å². The molecule has 0 aromatic heterocycles. The summed E-state index contributed by atoms with van der Waals surface area (Å²) in [6.45, 7) is 23.2. The average molecular weight is 847 g/mol. The summed E-state index contributed by atoms with van der Waals surface area (Å²) in [7, 11) is 0. The van der Waals surface area contributed by atoms with Gasteiger partial charge in [-0.05, 0) is 115 Å². The van der Waals surface area contributed by atoms with Gasteiger partial charge in [-0.3, -0.25) is 0 Å². The van der Waals surface area contributed by atoms with E-state index in [4.69, 9.17) is 0 Å². The summed E-state index contributed by atoms with van der Waals surface area (Å²) in [5.74, 6) is 1.94. The third-order valence-corrected chi connectivity index (χ3v) is 11.6. The van der Waals surface area contributed by atoms with Gasteiger partial charge in [-0.15, -0.1) is 0 Å². The first-order valence-electron chi connectivity index (χ1n) is 24.6. The Labute approximate surface area is 389 Å². The van der Waals surface area contributed by atoms with Crippen molar-refractivity contribution in [1.82, 2.24) is 0 Å². The van der Waals surface area contributed by atoms with E-state index in [1.54, 1.807) is 0 Å². The van der Waals surface area contributed by atoms with E-state index in [0.29, 0.717) is 0 Å². The second-order valence-electron chi connectivity index (χ2n) is 16.8. The van der Waals surface area contributed by atoms with Gasteiger partial charge >= 0.3 is 0 Å². The summed E-state index contributed by atoms with van der Waals surface area (Å²) in [6, 6.07) is 59.0. The molecular weight excluding hydrogens is 769 g/mol. The molecule has 2 aliphatic rings. The molecular formula is C64H78. The van der Waals surface area contributed by atoms with Gasteiger partial charge in [0, 0.05) is 0 Å². The topological polar surface area (TPSA) is 0 Å². The summed E-state index contributed by atoms with van der Waals surface area (Å²) in [5.41, 5.74) is 11.8. The number of fused-ring (bicyclic) bond motifs is 3. The average Bonchev–Trinajstić information content (AvgIpc) is 3.95. The molecule has 0 heterocycles. The molecule has 10 rings (SSSR count). The normalized spacial score (nSPS) is 12.4. The van der Waals surface area contributed by atoms with Crippen LogP contribution in [0.25, 0.3) is 65.7 Å². The highest BCUT2D eigenvalue weighted by Crippen LogP contribution is 2.44. The quantitative estimate of drug-likeness (QED) is 0.120. The molecule has 0 amide bonds. The lowest BCUT2D eigenvalue weighted by Gasteiger charge is -2.18. The van der Waals surface area contributed by atoms with Crippen LogP contribution in [0.15, 0.2) is 176 Å². The van der Waals surface area contributed by atoms with Crippen molar-refractivity contribution in [3.05, 3.63) is 193 Å². The summed E-state index contributed by atoms with van der Waals surface area (Å²) in [5, 5.41) is 7.74. The molecule has 0 heteroatoms. The molecule has 0 N–H and O–H groups in total. The Morgan fingerprint density at radius 2 is 0.812 bits per heavy atom. The van der Waals surface area contributed by atoms with Gasteiger partial charge in [0.1, 0.15) is 0 Å². The Bertz CT molecular complexity index is 2490. The molecule has 64 heavy (non-hydrogen) atoms. The second kappa shape index (κ2) is 27.5. The number of benzene rings is 8. The Morgan fingerprint density at radius 3 is 1.23 bits per heavy atom. The largest absolute Gasteiger partial charge is 0.0813 e. The maximum Gasteiger partial charge on any atom is -0.00262 e. The monoisotopic (exact) mass is 847 g/mol. The van der Waals surface area contributed by atoms with Crippen molar-refractivity contribution >= 4 is 32.3 Å². The van der Waals surface area contributed by atoms with E-state index in [0.717, 1.165) is 11.8 Å². The first-order valence-corrected chi connectivity index (χ1v) is 24.6.